The Morgan fingerprint density at radius 1 is 1.45 bits per heavy atom. The molecule has 0 aromatic heterocycles. The Labute approximate surface area is 115 Å². The second-order valence-electron chi connectivity index (χ2n) is 1.69. The molecular weight excluding hydrogens is 211 g/mol. The van der Waals surface area contributed by atoms with E-state index >= 15 is 0 Å². The van der Waals surface area contributed by atoms with E-state index in [1.165, 1.54) is 12.1 Å². The molecule has 0 amide bonds. The maximum Gasteiger partial charge on any atom is 1.00 e. The van der Waals surface area contributed by atoms with E-state index < -0.39 is 11.1 Å². The van der Waals surface area contributed by atoms with Gasteiger partial charge in [0.2, 0.25) is 0 Å². The van der Waals surface area contributed by atoms with Crippen LogP contribution in [0.3, 0.4) is 0 Å². The van der Waals surface area contributed by atoms with Gasteiger partial charge in [-0.1, -0.05) is 17.7 Å². The SMILES string of the molecule is O=S([O-])c1cccc(Cl)c1.[K+]. The number of benzene rings is 1. The molecule has 0 aliphatic carbocycles. The molecule has 1 aromatic rings. The first-order valence-electron chi connectivity index (χ1n) is 2.55. The Hall–Kier alpha value is 1.26. The van der Waals surface area contributed by atoms with E-state index in [4.69, 9.17) is 11.6 Å². The van der Waals surface area contributed by atoms with Crippen LogP contribution in [-0.2, 0) is 11.1 Å². The minimum absolute atomic E-state index is 0. The second-order valence-corrected chi connectivity index (χ2v) is 3.07. The van der Waals surface area contributed by atoms with E-state index in [1.807, 2.05) is 0 Å². The van der Waals surface area contributed by atoms with E-state index in [-0.39, 0.29) is 56.3 Å². The predicted octanol–water partition coefficient (Wildman–Crippen LogP) is -1.42. The molecule has 0 saturated carbocycles. The van der Waals surface area contributed by atoms with Gasteiger partial charge in [0.1, 0.15) is 0 Å². The third-order valence-electron chi connectivity index (χ3n) is 0.989. The standard InChI is InChI=1S/C6H5ClO2S.K/c7-5-2-1-3-6(4-5)10(8)9;/h1-4H,(H,8,9);/q;+1/p-1. The summed E-state index contributed by atoms with van der Waals surface area (Å²) in [6.45, 7) is 0. The van der Waals surface area contributed by atoms with Crippen molar-refractivity contribution in [2.24, 2.45) is 0 Å². The molecule has 0 aliphatic heterocycles. The minimum atomic E-state index is -2.17. The van der Waals surface area contributed by atoms with Crippen LogP contribution < -0.4 is 51.4 Å². The molecule has 11 heavy (non-hydrogen) atoms. The van der Waals surface area contributed by atoms with Gasteiger partial charge in [0, 0.05) is 9.92 Å². The van der Waals surface area contributed by atoms with Gasteiger partial charge in [0.25, 0.3) is 0 Å². The zero-order valence-corrected chi connectivity index (χ0v) is 10.6. The molecule has 1 aromatic carbocycles. The monoisotopic (exact) mass is 214 g/mol. The average Bonchev–Trinajstić information content (AvgIpc) is 1.88. The summed E-state index contributed by atoms with van der Waals surface area (Å²) in [6, 6.07) is 6.09. The summed E-state index contributed by atoms with van der Waals surface area (Å²) in [5.74, 6) is 0. The van der Waals surface area contributed by atoms with Gasteiger partial charge in [0.15, 0.2) is 0 Å². The fourth-order valence-electron chi connectivity index (χ4n) is 0.571. The molecule has 0 radical (unpaired) electrons. The summed E-state index contributed by atoms with van der Waals surface area (Å²) in [5, 5.41) is 0.432. The summed E-state index contributed by atoms with van der Waals surface area (Å²) >= 11 is 3.34. The van der Waals surface area contributed by atoms with Crippen LogP contribution in [0.25, 0.3) is 0 Å². The van der Waals surface area contributed by atoms with Gasteiger partial charge < -0.3 is 4.55 Å². The molecule has 0 N–H and O–H groups in total. The summed E-state index contributed by atoms with van der Waals surface area (Å²) < 4.78 is 20.6. The van der Waals surface area contributed by atoms with Crippen LogP contribution in [0.4, 0.5) is 0 Å². The quantitative estimate of drug-likeness (QED) is 0.426. The molecule has 5 heteroatoms. The number of halogens is 1. The Balaban J connectivity index is 0.000001000. The van der Waals surface area contributed by atoms with Crippen LogP contribution in [-0.4, -0.2) is 8.76 Å². The molecule has 54 valence electrons. The smallest absolute Gasteiger partial charge is 0.768 e. The van der Waals surface area contributed by atoms with Crippen molar-refractivity contribution >= 4 is 22.7 Å². The van der Waals surface area contributed by atoms with E-state index in [2.05, 4.69) is 0 Å². The minimum Gasteiger partial charge on any atom is -0.768 e. The number of hydrogen-bond acceptors (Lipinski definition) is 2. The summed E-state index contributed by atoms with van der Waals surface area (Å²) in [6.07, 6.45) is 0. The van der Waals surface area contributed by atoms with Crippen molar-refractivity contribution in [1.29, 1.82) is 0 Å². The molecule has 1 unspecified atom stereocenters. The topological polar surface area (TPSA) is 40.1 Å². The first-order valence-corrected chi connectivity index (χ1v) is 4.00. The normalized spacial score (nSPS) is 11.8. The maximum absolute atomic E-state index is 10.3. The molecule has 0 saturated heterocycles. The van der Waals surface area contributed by atoms with Crippen molar-refractivity contribution in [3.8, 4) is 0 Å². The average molecular weight is 215 g/mol. The van der Waals surface area contributed by atoms with Crippen molar-refractivity contribution in [3.63, 3.8) is 0 Å². The van der Waals surface area contributed by atoms with E-state index in [9.17, 15) is 8.76 Å². The Morgan fingerprint density at radius 3 is 2.45 bits per heavy atom. The molecule has 1 rings (SSSR count). The van der Waals surface area contributed by atoms with Crippen LogP contribution in [0.15, 0.2) is 29.2 Å². The van der Waals surface area contributed by atoms with Crippen LogP contribution in [0, 0.1) is 0 Å². The van der Waals surface area contributed by atoms with Gasteiger partial charge in [-0.3, -0.25) is 4.21 Å². The second kappa shape index (κ2) is 5.83. The predicted molar refractivity (Wildman–Crippen MR) is 38.6 cm³/mol. The van der Waals surface area contributed by atoms with Crippen LogP contribution in [0.1, 0.15) is 0 Å². The van der Waals surface area contributed by atoms with Crippen molar-refractivity contribution in [1.82, 2.24) is 0 Å². The zero-order chi connectivity index (χ0) is 7.56. The molecule has 1 atom stereocenters. The van der Waals surface area contributed by atoms with E-state index in [0.717, 1.165) is 0 Å². The van der Waals surface area contributed by atoms with Crippen LogP contribution >= 0.6 is 11.6 Å². The summed E-state index contributed by atoms with van der Waals surface area (Å²) in [5.41, 5.74) is 0. The van der Waals surface area contributed by atoms with Crippen LogP contribution in [0.2, 0.25) is 5.02 Å². The van der Waals surface area contributed by atoms with Crippen LogP contribution in [0.5, 0.6) is 0 Å². The molecule has 0 heterocycles. The fourth-order valence-corrected chi connectivity index (χ4v) is 1.24. The van der Waals surface area contributed by atoms with Gasteiger partial charge in [-0.2, -0.15) is 0 Å². The largest absolute Gasteiger partial charge is 1.00 e. The zero-order valence-electron chi connectivity index (χ0n) is 5.91. The van der Waals surface area contributed by atoms with Gasteiger partial charge in [-0.05, 0) is 29.3 Å². The molecule has 2 nitrogen and oxygen atoms in total. The molecular formula is C6H4ClKO2S. The molecule has 0 spiro atoms. The first kappa shape index (κ1) is 12.3. The third kappa shape index (κ3) is 4.14. The van der Waals surface area contributed by atoms with Crippen molar-refractivity contribution in [2.45, 2.75) is 4.90 Å². The third-order valence-corrected chi connectivity index (χ3v) is 1.86. The van der Waals surface area contributed by atoms with Gasteiger partial charge in [-0.15, -0.1) is 0 Å². The molecule has 0 fully saturated rings. The van der Waals surface area contributed by atoms with Gasteiger partial charge in [-0.25, -0.2) is 0 Å². The first-order chi connectivity index (χ1) is 4.70. The number of rotatable bonds is 1. The van der Waals surface area contributed by atoms with Crippen molar-refractivity contribution in [2.75, 3.05) is 0 Å². The molecule has 0 bridgehead atoms. The van der Waals surface area contributed by atoms with Crippen molar-refractivity contribution < 1.29 is 60.1 Å². The fraction of sp³-hybridized carbons (Fsp3) is 0. The Morgan fingerprint density at radius 2 is 2.09 bits per heavy atom. The maximum atomic E-state index is 10.3. The number of hydrogen-bond donors (Lipinski definition) is 0. The Kier molecular flexibility index (Phi) is 6.49. The van der Waals surface area contributed by atoms with E-state index in [0.29, 0.717) is 5.02 Å². The Bertz CT molecular complexity index is 267. The van der Waals surface area contributed by atoms with Gasteiger partial charge in [0.05, 0.1) is 0 Å². The van der Waals surface area contributed by atoms with Crippen molar-refractivity contribution in [3.05, 3.63) is 29.3 Å². The summed E-state index contributed by atoms with van der Waals surface area (Å²) in [4.78, 5) is 0.215. The summed E-state index contributed by atoms with van der Waals surface area (Å²) in [7, 11) is 0. The van der Waals surface area contributed by atoms with E-state index in [1.54, 1.807) is 12.1 Å². The van der Waals surface area contributed by atoms with Gasteiger partial charge >= 0.3 is 51.4 Å². The molecule has 0 aliphatic rings.